The largest absolute Gasteiger partial charge is 0.486 e. The van der Waals surface area contributed by atoms with Gasteiger partial charge in [-0.15, -0.1) is 0 Å². The van der Waals surface area contributed by atoms with Crippen LogP contribution in [-0.2, 0) is 14.8 Å². The average Bonchev–Trinajstić information content (AvgIpc) is 2.94. The fourth-order valence-electron chi connectivity index (χ4n) is 4.59. The number of pyridine rings is 1. The van der Waals surface area contributed by atoms with E-state index in [1.165, 1.54) is 24.4 Å². The van der Waals surface area contributed by atoms with Gasteiger partial charge in [-0.05, 0) is 66.3 Å². The molecule has 0 amide bonds. The molecule has 1 aliphatic rings. The van der Waals surface area contributed by atoms with Crippen LogP contribution in [0, 0.1) is 5.82 Å². The number of aliphatic hydroxyl groups is 1. The molecule has 1 atom stereocenters. The molecular weight excluding hydrogens is 587 g/mol. The number of halogens is 2. The first kappa shape index (κ1) is 31.3. The maximum Gasteiger partial charge on any atom is 0.303 e. The standard InChI is InChI=1S/C30H32ClFN2O7S/c1-18(2)21-15-27(30(33-16-21)40-12-11-35)42(38,39)34-17-22(8-10-28(36)37)41-26-9-7-20(14-25(26)34)13-19(3)29-23(31)5-4-6-24(29)32/h4-7,9,13-16,18,22,35H,8,10-12,17H2,1-3H3,(H,36,37)/b19-13+/t22-/m0/s1. The van der Waals surface area contributed by atoms with E-state index < -0.39 is 27.9 Å². The Labute approximate surface area is 249 Å². The zero-order valence-corrected chi connectivity index (χ0v) is 25.0. The van der Waals surface area contributed by atoms with Crippen molar-refractivity contribution in [2.24, 2.45) is 0 Å². The second-order valence-electron chi connectivity index (χ2n) is 10.2. The SMILES string of the molecule is C/C(=C\c1ccc2c(c1)N(S(=O)(=O)c1cc(C(C)C)cnc1OCCO)C[C@H](CCC(=O)O)O2)c1c(F)cccc1Cl. The van der Waals surface area contributed by atoms with E-state index in [-0.39, 0.29) is 71.3 Å². The third-order valence-corrected chi connectivity index (χ3v) is 8.83. The minimum atomic E-state index is -4.34. The highest BCUT2D eigenvalue weighted by Crippen LogP contribution is 2.41. The second-order valence-corrected chi connectivity index (χ2v) is 12.4. The molecule has 9 nitrogen and oxygen atoms in total. The van der Waals surface area contributed by atoms with Crippen LogP contribution in [0.15, 0.2) is 53.6 Å². The molecule has 3 aromatic rings. The normalized spacial score (nSPS) is 15.4. The minimum absolute atomic E-state index is 0.0384. The van der Waals surface area contributed by atoms with E-state index in [1.807, 2.05) is 13.8 Å². The molecule has 4 rings (SSSR count). The van der Waals surface area contributed by atoms with Crippen LogP contribution in [0.3, 0.4) is 0 Å². The molecule has 42 heavy (non-hydrogen) atoms. The van der Waals surface area contributed by atoms with E-state index in [1.54, 1.807) is 37.3 Å². The van der Waals surface area contributed by atoms with Gasteiger partial charge in [0.1, 0.15) is 29.2 Å². The van der Waals surface area contributed by atoms with Gasteiger partial charge in [0.05, 0.1) is 23.9 Å². The van der Waals surface area contributed by atoms with Crippen LogP contribution in [0.4, 0.5) is 10.1 Å². The van der Waals surface area contributed by atoms with Crippen molar-refractivity contribution in [1.29, 1.82) is 0 Å². The molecule has 1 aliphatic heterocycles. The van der Waals surface area contributed by atoms with Crippen molar-refractivity contribution >= 4 is 44.9 Å². The second kappa shape index (κ2) is 13.1. The van der Waals surface area contributed by atoms with Gasteiger partial charge in [0.15, 0.2) is 0 Å². The minimum Gasteiger partial charge on any atom is -0.486 e. The first-order valence-corrected chi connectivity index (χ1v) is 15.2. The highest BCUT2D eigenvalue weighted by molar-refractivity contribution is 7.93. The summed E-state index contributed by atoms with van der Waals surface area (Å²) in [6.45, 7) is 4.83. The molecule has 224 valence electrons. The summed E-state index contributed by atoms with van der Waals surface area (Å²) < 4.78 is 55.9. The third kappa shape index (κ3) is 6.86. The summed E-state index contributed by atoms with van der Waals surface area (Å²) in [4.78, 5) is 15.3. The van der Waals surface area contributed by atoms with Crippen molar-refractivity contribution in [3.05, 3.63) is 76.2 Å². The number of nitrogens with zero attached hydrogens (tertiary/aromatic N) is 2. The van der Waals surface area contributed by atoms with Crippen LogP contribution in [0.25, 0.3) is 11.6 Å². The highest BCUT2D eigenvalue weighted by atomic mass is 35.5. The zero-order valence-electron chi connectivity index (χ0n) is 23.4. The van der Waals surface area contributed by atoms with E-state index in [2.05, 4.69) is 4.98 Å². The van der Waals surface area contributed by atoms with Crippen LogP contribution in [-0.4, -0.2) is 55.4 Å². The number of carboxylic acid groups (broad SMARTS) is 1. The van der Waals surface area contributed by atoms with Gasteiger partial charge in [0, 0.05) is 18.2 Å². The monoisotopic (exact) mass is 618 g/mol. The number of aromatic nitrogens is 1. The lowest BCUT2D eigenvalue weighted by Gasteiger charge is -2.36. The first-order valence-electron chi connectivity index (χ1n) is 13.3. The summed E-state index contributed by atoms with van der Waals surface area (Å²) in [6, 6.07) is 10.8. The molecule has 0 aliphatic carbocycles. The molecule has 0 radical (unpaired) electrons. The zero-order chi connectivity index (χ0) is 30.6. The summed E-state index contributed by atoms with van der Waals surface area (Å²) in [5.74, 6) is -1.48. The summed E-state index contributed by atoms with van der Waals surface area (Å²) >= 11 is 6.25. The maximum atomic E-state index is 14.6. The number of hydrogen-bond donors (Lipinski definition) is 2. The number of carbonyl (C=O) groups is 1. The van der Waals surface area contributed by atoms with Gasteiger partial charge in [-0.3, -0.25) is 9.10 Å². The Kier molecular flexibility index (Phi) is 9.75. The van der Waals surface area contributed by atoms with E-state index >= 15 is 0 Å². The average molecular weight is 619 g/mol. The van der Waals surface area contributed by atoms with E-state index in [0.29, 0.717) is 16.7 Å². The van der Waals surface area contributed by atoms with Gasteiger partial charge in [-0.25, -0.2) is 17.8 Å². The van der Waals surface area contributed by atoms with E-state index in [4.69, 9.17) is 21.1 Å². The van der Waals surface area contributed by atoms with Gasteiger partial charge in [0.2, 0.25) is 5.88 Å². The summed E-state index contributed by atoms with van der Waals surface area (Å²) in [6.07, 6.45) is 2.33. The Balaban J connectivity index is 1.84. The van der Waals surface area contributed by atoms with Crippen LogP contribution in [0.5, 0.6) is 11.6 Å². The predicted molar refractivity (Wildman–Crippen MR) is 158 cm³/mol. The number of aliphatic carboxylic acids is 1. The molecule has 12 heteroatoms. The Morgan fingerprint density at radius 3 is 2.71 bits per heavy atom. The Hall–Kier alpha value is -3.67. The molecule has 2 aromatic carbocycles. The van der Waals surface area contributed by atoms with Gasteiger partial charge in [-0.2, -0.15) is 0 Å². The number of anilines is 1. The summed E-state index contributed by atoms with van der Waals surface area (Å²) in [5, 5.41) is 18.7. The third-order valence-electron chi connectivity index (χ3n) is 6.74. The van der Waals surface area contributed by atoms with Gasteiger partial charge in [-0.1, -0.05) is 43.7 Å². The number of allylic oxidation sites excluding steroid dienone is 1. The van der Waals surface area contributed by atoms with Crippen molar-refractivity contribution < 1.29 is 37.3 Å². The summed E-state index contributed by atoms with van der Waals surface area (Å²) in [7, 11) is -4.34. The Morgan fingerprint density at radius 2 is 2.05 bits per heavy atom. The smallest absolute Gasteiger partial charge is 0.303 e. The van der Waals surface area contributed by atoms with Crippen molar-refractivity contribution in [1.82, 2.24) is 4.98 Å². The predicted octanol–water partition coefficient (Wildman–Crippen LogP) is 5.75. The van der Waals surface area contributed by atoms with Gasteiger partial charge in [0.25, 0.3) is 10.0 Å². The molecule has 0 saturated heterocycles. The molecule has 2 N–H and O–H groups in total. The number of hydrogen-bond acceptors (Lipinski definition) is 7. The van der Waals surface area contributed by atoms with Crippen molar-refractivity contribution in [2.75, 3.05) is 24.1 Å². The van der Waals surface area contributed by atoms with E-state index in [0.717, 1.165) is 4.31 Å². The fraction of sp³-hybridized carbons (Fsp3) is 0.333. The lowest BCUT2D eigenvalue weighted by molar-refractivity contribution is -0.137. The number of sulfonamides is 1. The number of rotatable bonds is 11. The van der Waals surface area contributed by atoms with Crippen LogP contribution >= 0.6 is 11.6 Å². The molecule has 0 spiro atoms. The fourth-order valence-corrected chi connectivity index (χ4v) is 6.53. The highest BCUT2D eigenvalue weighted by Gasteiger charge is 2.37. The number of benzene rings is 2. The molecule has 0 unspecified atom stereocenters. The Bertz CT molecular complexity index is 1590. The first-order chi connectivity index (χ1) is 19.9. The maximum absolute atomic E-state index is 14.6. The number of aliphatic hydroxyl groups excluding tert-OH is 1. The molecule has 0 fully saturated rings. The molecule has 2 heterocycles. The lowest BCUT2D eigenvalue weighted by Crippen LogP contribution is -2.44. The van der Waals surface area contributed by atoms with Crippen molar-refractivity contribution in [3.63, 3.8) is 0 Å². The number of carboxylic acids is 1. The van der Waals surface area contributed by atoms with Crippen molar-refractivity contribution in [2.45, 2.75) is 50.5 Å². The molecule has 1 aromatic heterocycles. The van der Waals surface area contributed by atoms with Crippen LogP contribution in [0.1, 0.15) is 56.2 Å². The lowest BCUT2D eigenvalue weighted by atomic mass is 10.0. The van der Waals surface area contributed by atoms with Crippen molar-refractivity contribution in [3.8, 4) is 11.6 Å². The molecule has 0 bridgehead atoms. The summed E-state index contributed by atoms with van der Waals surface area (Å²) in [5.41, 5.74) is 2.19. The number of ether oxygens (including phenoxy) is 2. The topological polar surface area (TPSA) is 126 Å². The van der Waals surface area contributed by atoms with Gasteiger partial charge >= 0.3 is 5.97 Å². The quantitative estimate of drug-likeness (QED) is 0.260. The molecule has 0 saturated carbocycles. The Morgan fingerprint density at radius 1 is 1.29 bits per heavy atom. The van der Waals surface area contributed by atoms with Gasteiger partial charge < -0.3 is 19.7 Å². The molecular formula is C30H32ClFN2O7S. The van der Waals surface area contributed by atoms with Crippen LogP contribution < -0.4 is 13.8 Å². The van der Waals surface area contributed by atoms with Crippen LogP contribution in [0.2, 0.25) is 5.02 Å². The van der Waals surface area contributed by atoms with E-state index in [9.17, 15) is 27.8 Å². The number of fused-ring (bicyclic) bond motifs is 1.